The number of hydrogen-bond acceptors (Lipinski definition) is 5. The highest BCUT2D eigenvalue weighted by molar-refractivity contribution is 7.00. The fourth-order valence-corrected chi connectivity index (χ4v) is 13.3. The molecule has 0 spiro atoms. The molecule has 0 saturated heterocycles. The number of fused-ring (bicyclic) bond motifs is 7. The average Bonchev–Trinajstić information content (AvgIpc) is 0.870. The van der Waals surface area contributed by atoms with Crippen LogP contribution in [0.25, 0.3) is 89.8 Å². The molecule has 15 aromatic rings. The SMILES string of the molecule is c1ccc(-c2nc(-c3ccccc3)nc(-c3ccc(-[n+]4c[n+](-c5ccccc5)c[n+](-c5ccccc5)c4)c(-n4c5ccccc5c5cc(-c6cc7c8c(c6)N(c6ccccc6)c6ccccc6B8c6ccccc6N7c6ccccc6)ccc54)c3)n2)cc1. The third-order valence-electron chi connectivity index (χ3n) is 17.2. The molecule has 0 unspecified atom stereocenters. The van der Waals surface area contributed by atoms with Crippen molar-refractivity contribution in [2.45, 2.75) is 0 Å². The Balaban J connectivity index is 0.913. The molecular weight excluding hydrogens is 1070 g/mol. The summed E-state index contributed by atoms with van der Waals surface area (Å²) < 4.78 is 9.01. The predicted molar refractivity (Wildman–Crippen MR) is 355 cm³/mol. The molecule has 2 aliphatic rings. The monoisotopic (exact) mass is 1130 g/mol. The van der Waals surface area contributed by atoms with Gasteiger partial charge in [-0.25, -0.2) is 15.0 Å². The lowest BCUT2D eigenvalue weighted by Crippen LogP contribution is -2.61. The quantitative estimate of drug-likeness (QED) is 0.101. The van der Waals surface area contributed by atoms with Gasteiger partial charge in [-0.3, -0.25) is 0 Å². The number of anilines is 6. The van der Waals surface area contributed by atoms with E-state index in [9.17, 15) is 0 Å². The smallest absolute Gasteiger partial charge is 0.311 e. The van der Waals surface area contributed by atoms with E-state index in [0.29, 0.717) is 17.5 Å². The zero-order valence-electron chi connectivity index (χ0n) is 47.7. The first-order valence-electron chi connectivity index (χ1n) is 29.8. The van der Waals surface area contributed by atoms with E-state index >= 15 is 0 Å². The van der Waals surface area contributed by atoms with Crippen LogP contribution in [0.2, 0.25) is 0 Å². The van der Waals surface area contributed by atoms with Gasteiger partial charge in [0.15, 0.2) is 17.5 Å². The van der Waals surface area contributed by atoms with E-state index in [1.807, 2.05) is 36.4 Å². The average molecular weight is 1130 g/mol. The van der Waals surface area contributed by atoms with E-state index < -0.39 is 0 Å². The summed E-state index contributed by atoms with van der Waals surface area (Å²) in [6.45, 7) is 0.0102. The fourth-order valence-electron chi connectivity index (χ4n) is 13.3. The van der Waals surface area contributed by atoms with E-state index in [2.05, 4.69) is 314 Å². The van der Waals surface area contributed by atoms with Gasteiger partial charge in [0.1, 0.15) is 5.69 Å². The Kier molecular flexibility index (Phi) is 12.1. The molecule has 0 fully saturated rings. The second kappa shape index (κ2) is 21.0. The molecule has 2 aliphatic heterocycles. The zero-order valence-corrected chi connectivity index (χ0v) is 47.7. The lowest BCUT2D eigenvalue weighted by atomic mass is 9.33. The number of para-hydroxylation sites is 7. The Hall–Kier alpha value is -11.9. The van der Waals surface area contributed by atoms with Crippen LogP contribution in [0.4, 0.5) is 34.1 Å². The largest absolute Gasteiger partial charge is 0.428 e. The molecule has 0 amide bonds. The Morgan fingerprint density at radius 2 is 0.705 bits per heavy atom. The minimum atomic E-state index is 0.0102. The second-order valence-electron chi connectivity index (χ2n) is 22.4. The summed E-state index contributed by atoms with van der Waals surface area (Å²) in [5, 5.41) is 2.25. The fraction of sp³-hybridized carbons (Fsp3) is 0. The van der Waals surface area contributed by atoms with Gasteiger partial charge in [-0.05, 0) is 111 Å². The van der Waals surface area contributed by atoms with Crippen molar-refractivity contribution in [3.8, 4) is 68.0 Å². The van der Waals surface area contributed by atoms with Gasteiger partial charge in [-0.15, -0.1) is 0 Å². The number of benzene rings is 12. The van der Waals surface area contributed by atoms with Crippen LogP contribution in [0, 0.1) is 0 Å². The Morgan fingerprint density at radius 1 is 0.284 bits per heavy atom. The summed E-state index contributed by atoms with van der Waals surface area (Å²) in [4.78, 5) is 20.6. The van der Waals surface area contributed by atoms with Crippen molar-refractivity contribution in [3.05, 3.63) is 322 Å². The first-order chi connectivity index (χ1) is 43.6. The van der Waals surface area contributed by atoms with Crippen LogP contribution in [0.3, 0.4) is 0 Å². The van der Waals surface area contributed by atoms with E-state index in [-0.39, 0.29) is 6.71 Å². The topological polar surface area (TPSA) is 61.7 Å². The summed E-state index contributed by atoms with van der Waals surface area (Å²) in [6.07, 6.45) is 6.44. The van der Waals surface area contributed by atoms with E-state index in [1.165, 1.54) is 27.8 Å². The minimum Gasteiger partial charge on any atom is -0.311 e. The summed E-state index contributed by atoms with van der Waals surface area (Å²) in [7, 11) is 0. The number of aromatic nitrogens is 7. The number of nitrogens with zero attached hydrogens (tertiary/aromatic N) is 9. The third kappa shape index (κ3) is 8.56. The van der Waals surface area contributed by atoms with Crippen molar-refractivity contribution >= 4 is 79.0 Å². The molecule has 3 aromatic heterocycles. The van der Waals surface area contributed by atoms with Gasteiger partial charge in [0, 0.05) is 91.9 Å². The predicted octanol–water partition coefficient (Wildman–Crippen LogP) is 14.5. The van der Waals surface area contributed by atoms with Gasteiger partial charge in [0.25, 0.3) is 6.71 Å². The molecule has 0 N–H and O–H groups in total. The molecule has 10 heteroatoms. The summed E-state index contributed by atoms with van der Waals surface area (Å²) in [5.74, 6) is 1.77. The molecule has 9 nitrogen and oxygen atoms in total. The standard InChI is InChI=1S/C78H53BN9/c1-7-25-54(26-8-1)76-80-77(55-27-9-2-10-28-55)82-78(81-76)57-44-46-71(85-52-83(59-29-11-3-12-30-59)51-84(53-85)60-31-13-4-14-32-60)72(48-57)88-67-40-22-19-37-63(67)64-47-56(43-45-68(64)88)58-49-73-75-74(50-58)87(62-35-17-6-18-36-62)70-42-24-21-39-66(70)79(75)65-38-20-23-41-69(65)86(73)61-33-15-5-16-34-61/h1-53H/q+3. The summed E-state index contributed by atoms with van der Waals surface area (Å²) in [6, 6.07) is 108. The normalized spacial score (nSPS) is 12.2. The molecule has 5 heterocycles. The molecule has 0 atom stereocenters. The molecular formula is C78H53BN9+3. The highest BCUT2D eigenvalue weighted by Gasteiger charge is 2.43. The van der Waals surface area contributed by atoms with Crippen LogP contribution in [0.15, 0.2) is 322 Å². The van der Waals surface area contributed by atoms with Crippen LogP contribution in [0.5, 0.6) is 0 Å². The van der Waals surface area contributed by atoms with E-state index in [1.54, 1.807) is 0 Å². The van der Waals surface area contributed by atoms with Crippen LogP contribution in [0.1, 0.15) is 0 Å². The maximum Gasteiger partial charge on any atom is 0.428 e. The highest BCUT2D eigenvalue weighted by Crippen LogP contribution is 2.47. The third-order valence-corrected chi connectivity index (χ3v) is 17.2. The van der Waals surface area contributed by atoms with Crippen molar-refractivity contribution in [1.29, 1.82) is 0 Å². The van der Waals surface area contributed by atoms with Gasteiger partial charge < -0.3 is 14.4 Å². The highest BCUT2D eigenvalue weighted by atomic mass is 15.2. The van der Waals surface area contributed by atoms with E-state index in [4.69, 9.17) is 15.0 Å². The Labute approximate surface area is 509 Å². The first-order valence-corrected chi connectivity index (χ1v) is 29.8. The molecule has 88 heavy (non-hydrogen) atoms. The van der Waals surface area contributed by atoms with Gasteiger partial charge in [-0.1, -0.05) is 203 Å². The van der Waals surface area contributed by atoms with Crippen molar-refractivity contribution in [2.24, 2.45) is 0 Å². The molecule has 0 radical (unpaired) electrons. The van der Waals surface area contributed by atoms with Crippen LogP contribution in [-0.4, -0.2) is 26.2 Å². The van der Waals surface area contributed by atoms with Crippen molar-refractivity contribution in [2.75, 3.05) is 9.80 Å². The summed E-state index contributed by atoms with van der Waals surface area (Å²) >= 11 is 0. The zero-order chi connectivity index (χ0) is 58.1. The van der Waals surface area contributed by atoms with Crippen molar-refractivity contribution < 1.29 is 13.7 Å². The molecule has 0 saturated carbocycles. The van der Waals surface area contributed by atoms with Crippen molar-refractivity contribution in [3.63, 3.8) is 0 Å². The first kappa shape index (κ1) is 50.6. The van der Waals surface area contributed by atoms with E-state index in [0.717, 1.165) is 95.1 Å². The molecule has 0 bridgehead atoms. The van der Waals surface area contributed by atoms with Crippen LogP contribution < -0.4 is 39.9 Å². The molecule has 12 aromatic carbocycles. The number of rotatable bonds is 10. The van der Waals surface area contributed by atoms with Crippen molar-refractivity contribution in [1.82, 2.24) is 19.5 Å². The van der Waals surface area contributed by atoms with Crippen LogP contribution >= 0.6 is 0 Å². The molecule has 17 rings (SSSR count). The number of hydrogen-bond donors (Lipinski definition) is 0. The molecule has 410 valence electrons. The Bertz CT molecular complexity index is 4930. The lowest BCUT2D eigenvalue weighted by molar-refractivity contribution is -0.858. The summed E-state index contributed by atoms with van der Waals surface area (Å²) in [5.41, 5.74) is 21.7. The lowest BCUT2D eigenvalue weighted by Gasteiger charge is -2.44. The van der Waals surface area contributed by atoms with Gasteiger partial charge in [-0.2, -0.15) is 0 Å². The second-order valence-corrected chi connectivity index (χ2v) is 22.4. The maximum atomic E-state index is 5.28. The molecule has 0 aliphatic carbocycles. The Morgan fingerprint density at radius 3 is 1.25 bits per heavy atom. The van der Waals surface area contributed by atoms with Gasteiger partial charge in [0.2, 0.25) is 17.1 Å². The minimum absolute atomic E-state index is 0.0102. The maximum absolute atomic E-state index is 5.28. The van der Waals surface area contributed by atoms with Gasteiger partial charge in [0.05, 0.1) is 11.0 Å². The van der Waals surface area contributed by atoms with Gasteiger partial charge >= 0.3 is 19.0 Å². The van der Waals surface area contributed by atoms with Crippen LogP contribution in [-0.2, 0) is 0 Å².